The molecule has 2 aliphatic heterocycles. The fourth-order valence-corrected chi connectivity index (χ4v) is 7.31. The van der Waals surface area contributed by atoms with Crippen molar-refractivity contribution in [1.29, 1.82) is 0 Å². The van der Waals surface area contributed by atoms with E-state index in [1.54, 1.807) is 17.4 Å². The number of nitrogens with one attached hydrogen (secondary N) is 1. The number of nitrogens with zero attached hydrogens (tertiary/aromatic N) is 6. The molecule has 1 atom stereocenters. The second kappa shape index (κ2) is 19.0. The normalized spacial score (nSPS) is 17.8. The summed E-state index contributed by atoms with van der Waals surface area (Å²) >= 11 is 9.99. The number of fused-ring (bicyclic) bond motifs is 2. The van der Waals surface area contributed by atoms with E-state index in [9.17, 15) is 9.59 Å². The van der Waals surface area contributed by atoms with E-state index in [4.69, 9.17) is 22.3 Å². The standard InChI is InChI=1S/C27H33BrClN5O.C7H11N3O.C2H6/c1-18(14-19-6-8-34(9-7-19)27(30)35)32-10-12-33(13-11-32)26-24-5-4-23(29)16-20(24)2-3-21-15-22(28)17-31-25(21)26;11-7-9-2-1-4-10-5-3-8-6-10;1-2/h4-5,15-17,19,26H,1-3,6-14H2,(H2,30,35);3,5-7H,1-2,4H2,(H,9,11);1-2H3/t26-;;/m1../s1. The number of primary amides is 1. The number of aromatic nitrogens is 3. The molecule has 10 nitrogen and oxygen atoms in total. The molecule has 0 spiro atoms. The Hall–Kier alpha value is -3.41. The maximum absolute atomic E-state index is 11.4. The SMILES string of the molecule is C=C(CC1CCN(C(N)=O)CC1)N1CCN([C@@H]2c3ccc(Cl)cc3CCc3cc(Br)cnc32)CC1.CC.O=CNCCCn1ccnc1. The number of imidazole rings is 1. The molecule has 3 aliphatic rings. The van der Waals surface area contributed by atoms with Gasteiger partial charge in [0.1, 0.15) is 0 Å². The maximum Gasteiger partial charge on any atom is 0.314 e. The van der Waals surface area contributed by atoms with Crippen molar-refractivity contribution >= 4 is 40.0 Å². The molecule has 0 unspecified atom stereocenters. The molecule has 2 fully saturated rings. The van der Waals surface area contributed by atoms with Crippen LogP contribution in [-0.2, 0) is 24.2 Å². The van der Waals surface area contributed by atoms with Gasteiger partial charge in [-0.05, 0) is 95.3 Å². The number of urea groups is 1. The predicted octanol–water partition coefficient (Wildman–Crippen LogP) is 6.04. The molecule has 2 saturated heterocycles. The van der Waals surface area contributed by atoms with Crippen LogP contribution in [0.5, 0.6) is 0 Å². The van der Waals surface area contributed by atoms with Gasteiger partial charge in [0.05, 0.1) is 18.1 Å². The number of amides is 3. The molecule has 48 heavy (non-hydrogen) atoms. The fraction of sp³-hybridized carbons (Fsp3) is 0.500. The minimum Gasteiger partial charge on any atom is -0.373 e. The molecule has 2 aromatic heterocycles. The maximum atomic E-state index is 11.4. The van der Waals surface area contributed by atoms with Crippen molar-refractivity contribution in [3.05, 3.63) is 93.3 Å². The Balaban J connectivity index is 0.000000339. The molecule has 4 heterocycles. The lowest BCUT2D eigenvalue weighted by molar-refractivity contribution is -0.109. The molecule has 0 saturated carbocycles. The summed E-state index contributed by atoms with van der Waals surface area (Å²) in [7, 11) is 0. The first-order valence-corrected chi connectivity index (χ1v) is 18.3. The van der Waals surface area contributed by atoms with Crippen molar-refractivity contribution in [2.45, 2.75) is 65.0 Å². The van der Waals surface area contributed by atoms with Crippen LogP contribution in [0, 0.1) is 5.92 Å². The highest BCUT2D eigenvalue weighted by molar-refractivity contribution is 9.10. The highest BCUT2D eigenvalue weighted by Crippen LogP contribution is 2.38. The first-order chi connectivity index (χ1) is 23.3. The Labute approximate surface area is 298 Å². The van der Waals surface area contributed by atoms with Crippen LogP contribution >= 0.6 is 27.5 Å². The van der Waals surface area contributed by atoms with Crippen molar-refractivity contribution < 1.29 is 9.59 Å². The Morgan fingerprint density at radius 1 is 1.08 bits per heavy atom. The summed E-state index contributed by atoms with van der Waals surface area (Å²) in [6.07, 6.45) is 13.9. The molecule has 6 rings (SSSR count). The number of piperazine rings is 1. The average molecular weight is 742 g/mol. The average Bonchev–Trinajstić information content (AvgIpc) is 3.57. The number of rotatable bonds is 9. The van der Waals surface area contributed by atoms with E-state index in [0.717, 1.165) is 100 Å². The summed E-state index contributed by atoms with van der Waals surface area (Å²) in [4.78, 5) is 36.8. The second-order valence-electron chi connectivity index (χ2n) is 12.2. The van der Waals surface area contributed by atoms with Gasteiger partial charge in [-0.3, -0.25) is 14.7 Å². The molecular weight excluding hydrogens is 692 g/mol. The molecule has 0 bridgehead atoms. The van der Waals surface area contributed by atoms with E-state index in [0.29, 0.717) is 12.3 Å². The molecule has 1 aliphatic carbocycles. The van der Waals surface area contributed by atoms with Crippen molar-refractivity contribution in [1.82, 2.24) is 34.6 Å². The van der Waals surface area contributed by atoms with Crippen molar-refractivity contribution in [3.8, 4) is 0 Å². The van der Waals surface area contributed by atoms with Crippen LogP contribution in [0.4, 0.5) is 4.79 Å². The Morgan fingerprint density at radius 3 is 2.48 bits per heavy atom. The number of hydrogen-bond acceptors (Lipinski definition) is 6. The van der Waals surface area contributed by atoms with E-state index in [1.807, 2.05) is 36.9 Å². The lowest BCUT2D eigenvalue weighted by Gasteiger charge is -2.42. The number of piperidine rings is 1. The highest BCUT2D eigenvalue weighted by atomic mass is 79.9. The van der Waals surface area contributed by atoms with E-state index in [1.165, 1.54) is 28.1 Å². The van der Waals surface area contributed by atoms with Crippen molar-refractivity contribution in [2.75, 3.05) is 45.8 Å². The quantitative estimate of drug-likeness (QED) is 0.204. The molecule has 260 valence electrons. The Bertz CT molecular complexity index is 1420. The van der Waals surface area contributed by atoms with Crippen LogP contribution in [0.25, 0.3) is 0 Å². The van der Waals surface area contributed by atoms with E-state index >= 15 is 0 Å². The van der Waals surface area contributed by atoms with Crippen molar-refractivity contribution in [3.63, 3.8) is 0 Å². The highest BCUT2D eigenvalue weighted by Gasteiger charge is 2.33. The number of benzene rings is 1. The Kier molecular flexibility index (Phi) is 14.8. The van der Waals surface area contributed by atoms with Gasteiger partial charge in [-0.2, -0.15) is 0 Å². The van der Waals surface area contributed by atoms with Crippen LogP contribution < -0.4 is 11.1 Å². The summed E-state index contributed by atoms with van der Waals surface area (Å²) in [5.41, 5.74) is 11.8. The van der Waals surface area contributed by atoms with Gasteiger partial charge in [0.25, 0.3) is 0 Å². The van der Waals surface area contributed by atoms with Crippen LogP contribution in [0.15, 0.2) is 65.9 Å². The zero-order chi connectivity index (χ0) is 34.5. The van der Waals surface area contributed by atoms with Crippen LogP contribution in [0.1, 0.15) is 68.0 Å². The van der Waals surface area contributed by atoms with Gasteiger partial charge < -0.3 is 25.4 Å². The molecule has 3 amide bonds. The van der Waals surface area contributed by atoms with Crippen LogP contribution in [0.2, 0.25) is 5.02 Å². The third kappa shape index (κ3) is 10.3. The van der Waals surface area contributed by atoms with Gasteiger partial charge in [0.2, 0.25) is 6.41 Å². The van der Waals surface area contributed by atoms with E-state index < -0.39 is 0 Å². The minimum atomic E-state index is -0.302. The summed E-state index contributed by atoms with van der Waals surface area (Å²) in [6, 6.07) is 8.41. The van der Waals surface area contributed by atoms with E-state index in [2.05, 4.69) is 60.8 Å². The minimum absolute atomic E-state index is 0.140. The smallest absolute Gasteiger partial charge is 0.314 e. The van der Waals surface area contributed by atoms with Gasteiger partial charge in [0, 0.05) is 86.1 Å². The molecule has 3 aromatic rings. The van der Waals surface area contributed by atoms with Crippen LogP contribution in [0.3, 0.4) is 0 Å². The topological polar surface area (TPSA) is 113 Å². The fourth-order valence-electron chi connectivity index (χ4n) is 6.74. The number of allylic oxidation sites excluding steroid dienone is 1. The summed E-state index contributed by atoms with van der Waals surface area (Å²) in [5.74, 6) is 0.573. The number of pyridine rings is 1. The molecular formula is C36H50BrClN8O2. The largest absolute Gasteiger partial charge is 0.373 e. The molecule has 0 radical (unpaired) electrons. The van der Waals surface area contributed by atoms with Gasteiger partial charge in [-0.1, -0.05) is 38.1 Å². The first kappa shape index (κ1) is 37.4. The van der Waals surface area contributed by atoms with Crippen molar-refractivity contribution in [2.24, 2.45) is 11.7 Å². The summed E-state index contributed by atoms with van der Waals surface area (Å²) < 4.78 is 3.01. The lowest BCUT2D eigenvalue weighted by Crippen LogP contribution is -2.48. The Morgan fingerprint density at radius 2 is 1.81 bits per heavy atom. The van der Waals surface area contributed by atoms with Gasteiger partial charge >= 0.3 is 6.03 Å². The number of carbonyl (C=O) groups is 2. The van der Waals surface area contributed by atoms with E-state index in [-0.39, 0.29) is 12.1 Å². The summed E-state index contributed by atoms with van der Waals surface area (Å²) in [6.45, 7) is 15.4. The third-order valence-electron chi connectivity index (χ3n) is 9.25. The number of hydrogen-bond donors (Lipinski definition) is 2. The second-order valence-corrected chi connectivity index (χ2v) is 13.6. The van der Waals surface area contributed by atoms with Gasteiger partial charge in [-0.25, -0.2) is 9.78 Å². The first-order valence-electron chi connectivity index (χ1n) is 17.1. The molecule has 1 aromatic carbocycles. The number of aryl methyl sites for hydroxylation is 3. The monoisotopic (exact) mass is 740 g/mol. The number of halogens is 2. The summed E-state index contributed by atoms with van der Waals surface area (Å²) in [5, 5.41) is 3.39. The number of carbonyl (C=O) groups excluding carboxylic acids is 2. The molecule has 12 heteroatoms. The van der Waals surface area contributed by atoms with Gasteiger partial charge in [-0.15, -0.1) is 0 Å². The van der Waals surface area contributed by atoms with Gasteiger partial charge in [0.15, 0.2) is 0 Å². The third-order valence-corrected chi connectivity index (χ3v) is 9.92. The molecule has 3 N–H and O–H groups in total. The van der Waals surface area contributed by atoms with Crippen LogP contribution in [-0.4, -0.2) is 87.5 Å². The number of likely N-dealkylation sites (tertiary alicyclic amines) is 1. The zero-order valence-corrected chi connectivity index (χ0v) is 30.6. The zero-order valence-electron chi connectivity index (χ0n) is 28.3. The predicted molar refractivity (Wildman–Crippen MR) is 196 cm³/mol. The lowest BCUT2D eigenvalue weighted by atomic mass is 9.92. The number of nitrogens with two attached hydrogens (primary N) is 1.